The number of aliphatic hydroxyl groups is 4. The molecule has 10 heteroatoms. The van der Waals surface area contributed by atoms with Crippen LogP contribution < -0.4 is 0 Å². The predicted molar refractivity (Wildman–Crippen MR) is 54.5 cm³/mol. The third-order valence-electron chi connectivity index (χ3n) is 1.70. The van der Waals surface area contributed by atoms with Gasteiger partial charge in [-0.3, -0.25) is 0 Å². The number of nitrogens with one attached hydrogen (secondary N) is 1. The molecule has 102 valence electrons. The molecule has 0 saturated heterocycles. The molecule has 0 aliphatic heterocycles. The minimum Gasteiger partial charge on any atom is -0.476 e. The lowest BCUT2D eigenvalue weighted by molar-refractivity contribution is -0.127. The van der Waals surface area contributed by atoms with Gasteiger partial charge < -0.3 is 30.3 Å². The van der Waals surface area contributed by atoms with Crippen LogP contribution in [0.25, 0.3) is 0 Å². The van der Waals surface area contributed by atoms with Crippen molar-refractivity contribution in [3.8, 4) is 0 Å². The lowest BCUT2D eigenvalue weighted by Gasteiger charge is -2.16. The van der Waals surface area contributed by atoms with Crippen molar-refractivity contribution in [1.82, 2.24) is 15.4 Å². The lowest BCUT2D eigenvalue weighted by Crippen LogP contribution is -2.40. The molecular formula is C8H13N3O7. The molecule has 0 aliphatic rings. The number of aliphatic hydroxyl groups excluding tert-OH is 4. The number of aromatic nitrogens is 3. The summed E-state index contributed by atoms with van der Waals surface area (Å²) in [6, 6.07) is 0. The smallest absolute Gasteiger partial charge is 0.358 e. The van der Waals surface area contributed by atoms with E-state index in [1.54, 1.807) is 0 Å². The molecule has 0 bridgehead atoms. The molecule has 18 heavy (non-hydrogen) atoms. The van der Waals surface area contributed by atoms with E-state index in [9.17, 15) is 9.59 Å². The summed E-state index contributed by atoms with van der Waals surface area (Å²) in [4.78, 5) is 19.7. The average molecular weight is 263 g/mol. The average Bonchev–Trinajstić information content (AvgIpc) is 2.90. The highest BCUT2D eigenvalue weighted by Crippen LogP contribution is 1.96. The first-order valence-corrected chi connectivity index (χ1v) is 4.63. The lowest BCUT2D eigenvalue weighted by atomic mass is 10.1. The number of rotatable bonds is 5. The third kappa shape index (κ3) is 5.45. The van der Waals surface area contributed by atoms with Crippen LogP contribution in [0.15, 0.2) is 6.20 Å². The third-order valence-corrected chi connectivity index (χ3v) is 1.70. The van der Waals surface area contributed by atoms with Crippen molar-refractivity contribution in [2.45, 2.75) is 18.3 Å². The second-order valence-electron chi connectivity index (χ2n) is 3.03. The van der Waals surface area contributed by atoms with Gasteiger partial charge in [-0.05, 0) is 0 Å². The molecule has 10 nitrogen and oxygen atoms in total. The van der Waals surface area contributed by atoms with Gasteiger partial charge >= 0.3 is 5.97 Å². The first-order chi connectivity index (χ1) is 8.43. The molecule has 3 atom stereocenters. The SMILES string of the molecule is O=C(O)c1cn[nH]n1.O=C[C@H](O)[C@H](O)[C@H](O)CO. The van der Waals surface area contributed by atoms with Gasteiger partial charge in [0, 0.05) is 0 Å². The van der Waals surface area contributed by atoms with Gasteiger partial charge in [0.15, 0.2) is 12.0 Å². The minimum absolute atomic E-state index is 0.0648. The molecular weight excluding hydrogens is 250 g/mol. The minimum atomic E-state index is -1.64. The van der Waals surface area contributed by atoms with Crippen LogP contribution in [-0.4, -0.2) is 78.1 Å². The molecule has 0 radical (unpaired) electrons. The monoisotopic (exact) mass is 263 g/mol. The second kappa shape index (κ2) is 8.25. The summed E-state index contributed by atoms with van der Waals surface area (Å²) in [5.41, 5.74) is -0.0648. The highest BCUT2D eigenvalue weighted by atomic mass is 16.4. The highest BCUT2D eigenvalue weighted by molar-refractivity contribution is 5.84. The van der Waals surface area contributed by atoms with Crippen molar-refractivity contribution < 1.29 is 35.1 Å². The molecule has 1 rings (SSSR count). The number of carbonyl (C=O) groups is 2. The van der Waals surface area contributed by atoms with Gasteiger partial charge in [0.1, 0.15) is 18.3 Å². The van der Waals surface area contributed by atoms with Crippen molar-refractivity contribution in [1.29, 1.82) is 0 Å². The molecule has 0 unspecified atom stereocenters. The molecule has 6 N–H and O–H groups in total. The zero-order valence-corrected chi connectivity index (χ0v) is 9.04. The number of hydrogen-bond donors (Lipinski definition) is 6. The summed E-state index contributed by atoms with van der Waals surface area (Å²) in [6.07, 6.45) is -3.49. The van der Waals surface area contributed by atoms with Crippen molar-refractivity contribution in [2.24, 2.45) is 0 Å². The second-order valence-corrected chi connectivity index (χ2v) is 3.03. The fourth-order valence-corrected chi connectivity index (χ4v) is 0.721. The first kappa shape index (κ1) is 16.1. The van der Waals surface area contributed by atoms with Gasteiger partial charge in [-0.2, -0.15) is 10.3 Å². The van der Waals surface area contributed by atoms with Crippen molar-refractivity contribution in [3.05, 3.63) is 11.9 Å². The predicted octanol–water partition coefficient (Wildman–Crippen LogP) is -3.24. The summed E-state index contributed by atoms with van der Waals surface area (Å²) >= 11 is 0. The molecule has 0 amide bonds. The number of nitrogens with zero attached hydrogens (tertiary/aromatic N) is 2. The van der Waals surface area contributed by atoms with Crippen LogP contribution in [0, 0.1) is 0 Å². The van der Waals surface area contributed by atoms with E-state index in [0.29, 0.717) is 0 Å². The normalized spacial score (nSPS) is 14.9. The largest absolute Gasteiger partial charge is 0.476 e. The van der Waals surface area contributed by atoms with E-state index < -0.39 is 30.9 Å². The Morgan fingerprint density at radius 2 is 2.06 bits per heavy atom. The van der Waals surface area contributed by atoms with Crippen LogP contribution in [0.4, 0.5) is 0 Å². The van der Waals surface area contributed by atoms with E-state index in [0.717, 1.165) is 6.20 Å². The Bertz CT molecular complexity index is 356. The molecule has 0 fully saturated rings. The number of carboxylic acid groups (broad SMARTS) is 1. The molecule has 1 aromatic heterocycles. The summed E-state index contributed by atoms with van der Waals surface area (Å²) in [5.74, 6) is -1.07. The van der Waals surface area contributed by atoms with Crippen LogP contribution in [0.1, 0.15) is 10.5 Å². The van der Waals surface area contributed by atoms with Crippen molar-refractivity contribution in [3.63, 3.8) is 0 Å². The van der Waals surface area contributed by atoms with E-state index in [2.05, 4.69) is 15.4 Å². The molecule has 1 aromatic rings. The summed E-state index contributed by atoms with van der Waals surface area (Å²) in [6.45, 7) is -0.688. The van der Waals surface area contributed by atoms with E-state index in [1.165, 1.54) is 0 Å². The highest BCUT2D eigenvalue weighted by Gasteiger charge is 2.22. The number of carboxylic acids is 1. The Balaban J connectivity index is 0.000000327. The van der Waals surface area contributed by atoms with Crippen molar-refractivity contribution >= 4 is 12.3 Å². The molecule has 0 saturated carbocycles. The Morgan fingerprint density at radius 3 is 2.33 bits per heavy atom. The maximum absolute atomic E-state index is 9.94. The van der Waals surface area contributed by atoms with E-state index in [4.69, 9.17) is 25.5 Å². The first-order valence-electron chi connectivity index (χ1n) is 4.63. The number of aromatic amines is 1. The standard InChI is InChI=1S/C5H10O5.C3H3N3O2/c6-1-3(8)5(10)4(9)2-7;7-3(8)2-1-4-6-5-2/h1,3-5,7-10H,2H2;1H,(H,7,8)(H,4,5,6)/t3-,4+,5-;/m0./s1. The Kier molecular flexibility index (Phi) is 7.38. The van der Waals surface area contributed by atoms with Gasteiger partial charge in [-0.25, -0.2) is 4.79 Å². The summed E-state index contributed by atoms with van der Waals surface area (Å²) < 4.78 is 0. The van der Waals surface area contributed by atoms with E-state index in [1.807, 2.05) is 0 Å². The van der Waals surface area contributed by atoms with E-state index in [-0.39, 0.29) is 12.0 Å². The molecule has 0 spiro atoms. The van der Waals surface area contributed by atoms with Gasteiger partial charge in [0.05, 0.1) is 12.8 Å². The quantitative estimate of drug-likeness (QED) is 0.298. The number of hydrogen-bond acceptors (Lipinski definition) is 8. The van der Waals surface area contributed by atoms with Gasteiger partial charge in [-0.15, -0.1) is 5.10 Å². The fourth-order valence-electron chi connectivity index (χ4n) is 0.721. The summed E-state index contributed by atoms with van der Waals surface area (Å²) in [5, 5.41) is 50.9. The topological polar surface area (TPSA) is 177 Å². The zero-order valence-electron chi connectivity index (χ0n) is 9.04. The Hall–Kier alpha value is -1.88. The van der Waals surface area contributed by atoms with Gasteiger partial charge in [0.2, 0.25) is 0 Å². The number of aldehydes is 1. The maximum Gasteiger partial charge on any atom is 0.358 e. The Morgan fingerprint density at radius 1 is 1.44 bits per heavy atom. The van der Waals surface area contributed by atoms with Crippen molar-refractivity contribution in [2.75, 3.05) is 6.61 Å². The number of carbonyl (C=O) groups excluding carboxylic acids is 1. The Labute approximate surface area is 101 Å². The fraction of sp³-hybridized carbons (Fsp3) is 0.500. The van der Waals surface area contributed by atoms with E-state index >= 15 is 0 Å². The zero-order chi connectivity index (χ0) is 14.1. The maximum atomic E-state index is 9.94. The van der Waals surface area contributed by atoms with Crippen LogP contribution in [0.5, 0.6) is 0 Å². The van der Waals surface area contributed by atoms with Gasteiger partial charge in [-0.1, -0.05) is 0 Å². The molecule has 0 aliphatic carbocycles. The van der Waals surface area contributed by atoms with Crippen LogP contribution >= 0.6 is 0 Å². The molecule has 1 heterocycles. The summed E-state index contributed by atoms with van der Waals surface area (Å²) in [7, 11) is 0. The number of H-pyrrole nitrogens is 1. The van der Waals surface area contributed by atoms with Gasteiger partial charge in [0.25, 0.3) is 0 Å². The number of aromatic carboxylic acids is 1. The van der Waals surface area contributed by atoms with Crippen LogP contribution in [0.2, 0.25) is 0 Å². The molecule has 0 aromatic carbocycles. The van der Waals surface area contributed by atoms with Crippen LogP contribution in [0.3, 0.4) is 0 Å². The van der Waals surface area contributed by atoms with Crippen LogP contribution in [-0.2, 0) is 4.79 Å².